The van der Waals surface area contributed by atoms with Crippen molar-refractivity contribution in [2.75, 3.05) is 19.8 Å². The molecule has 1 spiro atoms. The van der Waals surface area contributed by atoms with E-state index in [-0.39, 0.29) is 6.54 Å². The predicted octanol–water partition coefficient (Wildman–Crippen LogP) is 1.01. The smallest absolute Gasteiger partial charge is 0.259 e. The average Bonchev–Trinajstić information content (AvgIpc) is 2.49. The number of nitrogens with two attached hydrogens (primary N) is 1. The van der Waals surface area contributed by atoms with Crippen LogP contribution >= 0.6 is 0 Å². The van der Waals surface area contributed by atoms with Gasteiger partial charge < -0.3 is 10.5 Å². The van der Waals surface area contributed by atoms with Crippen LogP contribution in [0, 0.1) is 11.3 Å². The molecule has 1 heterocycles. The van der Waals surface area contributed by atoms with Crippen molar-refractivity contribution < 1.29 is 13.5 Å². The van der Waals surface area contributed by atoms with Crippen LogP contribution in [0.5, 0.6) is 0 Å². The van der Waals surface area contributed by atoms with Gasteiger partial charge in [-0.2, -0.15) is 0 Å². The van der Waals surface area contributed by atoms with E-state index >= 15 is 0 Å². The van der Waals surface area contributed by atoms with E-state index < -0.39 is 17.3 Å². The minimum absolute atomic E-state index is 0.104. The second-order valence-corrected chi connectivity index (χ2v) is 3.68. The van der Waals surface area contributed by atoms with Gasteiger partial charge in [0, 0.05) is 31.1 Å². The van der Waals surface area contributed by atoms with Crippen molar-refractivity contribution in [3.8, 4) is 0 Å². The summed E-state index contributed by atoms with van der Waals surface area (Å²) in [5.41, 5.74) is 4.50. The van der Waals surface area contributed by atoms with Crippen LogP contribution in [0.25, 0.3) is 0 Å². The van der Waals surface area contributed by atoms with Crippen molar-refractivity contribution in [2.45, 2.75) is 18.8 Å². The Labute approximate surface area is 70.1 Å². The number of rotatable bonds is 1. The Morgan fingerprint density at radius 3 is 2.33 bits per heavy atom. The van der Waals surface area contributed by atoms with Gasteiger partial charge in [-0.1, -0.05) is 0 Å². The molecule has 1 saturated heterocycles. The fraction of sp³-hybridized carbons (Fsp3) is 1.00. The molecule has 0 aromatic heterocycles. The minimum atomic E-state index is -2.52. The third-order valence-electron chi connectivity index (χ3n) is 3.31. The Hall–Kier alpha value is -0.220. The van der Waals surface area contributed by atoms with Crippen molar-refractivity contribution in [3.05, 3.63) is 0 Å². The molecule has 2 aliphatic rings. The van der Waals surface area contributed by atoms with E-state index in [1.165, 1.54) is 0 Å². The molecule has 1 unspecified atom stereocenters. The summed E-state index contributed by atoms with van der Waals surface area (Å²) in [7, 11) is 0. The first-order valence-electron chi connectivity index (χ1n) is 4.31. The predicted molar refractivity (Wildman–Crippen MR) is 40.0 cm³/mol. The Morgan fingerprint density at radius 2 is 1.92 bits per heavy atom. The van der Waals surface area contributed by atoms with Gasteiger partial charge in [0.2, 0.25) is 0 Å². The standard InChI is InChI=1S/C8H13F2NO/c9-8(10)6(5-11)7(8)1-3-12-4-2-7/h6H,1-5,11H2. The zero-order chi connectivity index (χ0) is 8.82. The van der Waals surface area contributed by atoms with Crippen LogP contribution in [0.2, 0.25) is 0 Å². The highest BCUT2D eigenvalue weighted by molar-refractivity contribution is 5.18. The Bertz CT molecular complexity index is 189. The highest BCUT2D eigenvalue weighted by atomic mass is 19.3. The SMILES string of the molecule is NCC1C(F)(F)C12CCOCC2. The molecule has 2 N–H and O–H groups in total. The zero-order valence-electron chi connectivity index (χ0n) is 6.85. The molecule has 0 radical (unpaired) electrons. The molecular weight excluding hydrogens is 164 g/mol. The van der Waals surface area contributed by atoms with E-state index in [4.69, 9.17) is 10.5 Å². The van der Waals surface area contributed by atoms with Gasteiger partial charge in [0.15, 0.2) is 0 Å². The molecular formula is C8H13F2NO. The van der Waals surface area contributed by atoms with Crippen molar-refractivity contribution in [1.82, 2.24) is 0 Å². The molecule has 0 aromatic rings. The summed E-state index contributed by atoms with van der Waals surface area (Å²) in [5, 5.41) is 0. The lowest BCUT2D eigenvalue weighted by Crippen LogP contribution is -2.23. The van der Waals surface area contributed by atoms with E-state index in [2.05, 4.69) is 0 Å². The van der Waals surface area contributed by atoms with Crippen LogP contribution < -0.4 is 5.73 Å². The highest BCUT2D eigenvalue weighted by Gasteiger charge is 2.78. The fourth-order valence-corrected chi connectivity index (χ4v) is 2.38. The summed E-state index contributed by atoms with van der Waals surface area (Å²) in [4.78, 5) is 0. The first kappa shape index (κ1) is 8.38. The van der Waals surface area contributed by atoms with Gasteiger partial charge in [-0.3, -0.25) is 0 Å². The van der Waals surface area contributed by atoms with Crippen molar-refractivity contribution in [3.63, 3.8) is 0 Å². The largest absolute Gasteiger partial charge is 0.381 e. The maximum atomic E-state index is 13.2. The van der Waals surface area contributed by atoms with E-state index in [9.17, 15) is 8.78 Å². The van der Waals surface area contributed by atoms with Gasteiger partial charge in [0.25, 0.3) is 5.92 Å². The van der Waals surface area contributed by atoms with Gasteiger partial charge in [0.1, 0.15) is 0 Å². The zero-order valence-corrected chi connectivity index (χ0v) is 6.85. The number of hydrogen-bond donors (Lipinski definition) is 1. The summed E-state index contributed by atoms with van der Waals surface area (Å²) in [5.74, 6) is -3.11. The molecule has 12 heavy (non-hydrogen) atoms. The normalized spacial score (nSPS) is 36.8. The van der Waals surface area contributed by atoms with Gasteiger partial charge in [-0.15, -0.1) is 0 Å². The molecule has 0 aromatic carbocycles. The van der Waals surface area contributed by atoms with Crippen molar-refractivity contribution >= 4 is 0 Å². The van der Waals surface area contributed by atoms with E-state index in [0.29, 0.717) is 26.1 Å². The second-order valence-electron chi connectivity index (χ2n) is 3.68. The maximum absolute atomic E-state index is 13.2. The quantitative estimate of drug-likeness (QED) is 0.648. The Kier molecular flexibility index (Phi) is 1.67. The van der Waals surface area contributed by atoms with Crippen LogP contribution in [-0.4, -0.2) is 25.7 Å². The Balaban J connectivity index is 2.12. The van der Waals surface area contributed by atoms with Crippen LogP contribution in [0.3, 0.4) is 0 Å². The topological polar surface area (TPSA) is 35.2 Å². The van der Waals surface area contributed by atoms with Gasteiger partial charge in [-0.25, -0.2) is 8.78 Å². The number of hydrogen-bond acceptors (Lipinski definition) is 2. The summed E-state index contributed by atoms with van der Waals surface area (Å²) in [6.07, 6.45) is 0.948. The maximum Gasteiger partial charge on any atom is 0.259 e. The van der Waals surface area contributed by atoms with Crippen LogP contribution in [0.4, 0.5) is 8.78 Å². The fourth-order valence-electron chi connectivity index (χ4n) is 2.38. The van der Waals surface area contributed by atoms with Crippen LogP contribution in [-0.2, 0) is 4.74 Å². The van der Waals surface area contributed by atoms with Gasteiger partial charge in [0.05, 0.1) is 0 Å². The third kappa shape index (κ3) is 0.796. The molecule has 2 fully saturated rings. The lowest BCUT2D eigenvalue weighted by atomic mass is 9.93. The minimum Gasteiger partial charge on any atom is -0.381 e. The van der Waals surface area contributed by atoms with E-state index in [1.807, 2.05) is 0 Å². The molecule has 1 atom stereocenters. The molecule has 2 rings (SSSR count). The molecule has 1 aliphatic heterocycles. The monoisotopic (exact) mass is 177 g/mol. The molecule has 1 aliphatic carbocycles. The first-order chi connectivity index (χ1) is 5.65. The molecule has 0 amide bonds. The first-order valence-corrected chi connectivity index (χ1v) is 4.31. The molecule has 2 nitrogen and oxygen atoms in total. The molecule has 0 bridgehead atoms. The highest BCUT2D eigenvalue weighted by Crippen LogP contribution is 2.70. The van der Waals surface area contributed by atoms with Gasteiger partial charge >= 0.3 is 0 Å². The second kappa shape index (κ2) is 2.39. The number of alkyl halides is 2. The van der Waals surface area contributed by atoms with E-state index in [1.54, 1.807) is 0 Å². The number of halogens is 2. The van der Waals surface area contributed by atoms with Crippen molar-refractivity contribution in [2.24, 2.45) is 17.1 Å². The molecule has 1 saturated carbocycles. The van der Waals surface area contributed by atoms with E-state index in [0.717, 1.165) is 0 Å². The lowest BCUT2D eigenvalue weighted by Gasteiger charge is -2.22. The van der Waals surface area contributed by atoms with Crippen molar-refractivity contribution in [1.29, 1.82) is 0 Å². The van der Waals surface area contributed by atoms with Crippen LogP contribution in [0.1, 0.15) is 12.8 Å². The average molecular weight is 177 g/mol. The molecule has 70 valence electrons. The summed E-state index contributed by atoms with van der Waals surface area (Å²) < 4.78 is 31.5. The summed E-state index contributed by atoms with van der Waals surface area (Å²) >= 11 is 0. The summed E-state index contributed by atoms with van der Waals surface area (Å²) in [6.45, 7) is 1.03. The van der Waals surface area contributed by atoms with Gasteiger partial charge in [-0.05, 0) is 12.8 Å². The Morgan fingerprint density at radius 1 is 1.33 bits per heavy atom. The lowest BCUT2D eigenvalue weighted by molar-refractivity contribution is -0.00827. The third-order valence-corrected chi connectivity index (χ3v) is 3.31. The summed E-state index contributed by atoms with van der Waals surface area (Å²) in [6, 6.07) is 0. The number of ether oxygens (including phenoxy) is 1. The molecule has 4 heteroatoms. The van der Waals surface area contributed by atoms with Crippen LogP contribution in [0.15, 0.2) is 0 Å².